The first-order chi connectivity index (χ1) is 11.7. The quantitative estimate of drug-likeness (QED) is 0.826. The second-order valence-corrected chi connectivity index (χ2v) is 6.49. The van der Waals surface area contributed by atoms with Crippen molar-refractivity contribution in [2.24, 2.45) is 0 Å². The van der Waals surface area contributed by atoms with Crippen molar-refractivity contribution in [3.63, 3.8) is 0 Å². The average Bonchev–Trinajstić information content (AvgIpc) is 2.53. The summed E-state index contributed by atoms with van der Waals surface area (Å²) < 4.78 is 5.31. The van der Waals surface area contributed by atoms with E-state index in [0.717, 1.165) is 22.3 Å². The molecule has 25 heavy (non-hydrogen) atoms. The first-order valence-electron chi connectivity index (χ1n) is 7.89. The topological polar surface area (TPSA) is 77.2 Å². The number of nitrogen functional groups attached to an aromatic ring is 1. The van der Waals surface area contributed by atoms with Crippen molar-refractivity contribution in [1.82, 2.24) is 4.98 Å². The summed E-state index contributed by atoms with van der Waals surface area (Å²) in [6.07, 6.45) is 4.58. The largest absolute Gasteiger partial charge is 0.444 e. The van der Waals surface area contributed by atoms with Gasteiger partial charge in [-0.1, -0.05) is 31.4 Å². The minimum absolute atomic E-state index is 0.455. The standard InChI is InChI=1S/C20H23N3O2/c1-6-14-15(7-2)17(23-19(24)25-20(3,4)5)10-9-16(14)13-8-11-18(21)22-12-13/h6-12H,1-2H2,3-5H3,(H2,21,22)(H,23,24). The number of anilines is 2. The summed E-state index contributed by atoms with van der Waals surface area (Å²) in [5.74, 6) is 0.455. The molecule has 2 rings (SSSR count). The van der Waals surface area contributed by atoms with E-state index in [0.29, 0.717) is 11.5 Å². The molecule has 0 aliphatic rings. The van der Waals surface area contributed by atoms with Crippen LogP contribution in [0.1, 0.15) is 31.9 Å². The van der Waals surface area contributed by atoms with Crippen LogP contribution in [0.3, 0.4) is 0 Å². The number of rotatable bonds is 4. The van der Waals surface area contributed by atoms with Crippen LogP contribution in [0.4, 0.5) is 16.3 Å². The molecule has 5 nitrogen and oxygen atoms in total. The third kappa shape index (κ3) is 4.47. The van der Waals surface area contributed by atoms with Gasteiger partial charge >= 0.3 is 6.09 Å². The third-order valence-corrected chi connectivity index (χ3v) is 3.43. The zero-order valence-electron chi connectivity index (χ0n) is 14.8. The Morgan fingerprint density at radius 2 is 1.84 bits per heavy atom. The summed E-state index contributed by atoms with van der Waals surface area (Å²) in [5.41, 5.74) is 9.11. The van der Waals surface area contributed by atoms with E-state index in [2.05, 4.69) is 23.5 Å². The molecule has 2 aromatic rings. The van der Waals surface area contributed by atoms with E-state index in [1.807, 2.05) is 32.9 Å². The zero-order valence-corrected chi connectivity index (χ0v) is 14.8. The molecule has 3 N–H and O–H groups in total. The monoisotopic (exact) mass is 337 g/mol. The molecule has 0 aliphatic carbocycles. The van der Waals surface area contributed by atoms with Gasteiger partial charge in [-0.25, -0.2) is 9.78 Å². The molecule has 1 amide bonds. The molecular weight excluding hydrogens is 314 g/mol. The van der Waals surface area contributed by atoms with Gasteiger partial charge < -0.3 is 10.5 Å². The number of amides is 1. The van der Waals surface area contributed by atoms with Crippen LogP contribution in [0.2, 0.25) is 0 Å². The smallest absolute Gasteiger partial charge is 0.412 e. The number of aromatic nitrogens is 1. The second kappa shape index (κ2) is 7.21. The van der Waals surface area contributed by atoms with Crippen molar-refractivity contribution in [2.75, 3.05) is 11.1 Å². The number of hydrogen-bond donors (Lipinski definition) is 2. The Morgan fingerprint density at radius 3 is 2.36 bits per heavy atom. The summed E-state index contributed by atoms with van der Waals surface area (Å²) in [6, 6.07) is 7.32. The van der Waals surface area contributed by atoms with Gasteiger partial charge in [0, 0.05) is 17.3 Å². The second-order valence-electron chi connectivity index (χ2n) is 6.49. The Hall–Kier alpha value is -3.08. The number of ether oxygens (including phenoxy) is 1. The van der Waals surface area contributed by atoms with Gasteiger partial charge in [0.1, 0.15) is 11.4 Å². The first-order valence-corrected chi connectivity index (χ1v) is 7.89. The van der Waals surface area contributed by atoms with Gasteiger partial charge in [0.2, 0.25) is 0 Å². The maximum absolute atomic E-state index is 12.1. The Bertz CT molecular complexity index is 803. The van der Waals surface area contributed by atoms with Crippen molar-refractivity contribution >= 4 is 29.8 Å². The summed E-state index contributed by atoms with van der Waals surface area (Å²) in [7, 11) is 0. The minimum atomic E-state index is -0.574. The van der Waals surface area contributed by atoms with Crippen LogP contribution in [0, 0.1) is 0 Å². The molecule has 0 fully saturated rings. The average molecular weight is 337 g/mol. The Labute approximate surface area is 148 Å². The molecule has 130 valence electrons. The fourth-order valence-electron chi connectivity index (χ4n) is 2.42. The first kappa shape index (κ1) is 18.3. The molecule has 0 unspecified atom stereocenters. The molecule has 0 spiro atoms. The molecule has 1 aromatic carbocycles. The highest BCUT2D eigenvalue weighted by Crippen LogP contribution is 2.33. The summed E-state index contributed by atoms with van der Waals surface area (Å²) in [5, 5.41) is 2.76. The minimum Gasteiger partial charge on any atom is -0.444 e. The van der Waals surface area contributed by atoms with Crippen LogP contribution in [0.25, 0.3) is 23.3 Å². The summed E-state index contributed by atoms with van der Waals surface area (Å²) >= 11 is 0. The van der Waals surface area contributed by atoms with Gasteiger partial charge in [0.25, 0.3) is 0 Å². The number of benzene rings is 1. The number of nitrogens with two attached hydrogens (primary N) is 1. The number of nitrogens with one attached hydrogen (secondary N) is 1. The fourth-order valence-corrected chi connectivity index (χ4v) is 2.42. The zero-order chi connectivity index (χ0) is 18.6. The molecule has 1 heterocycles. The van der Waals surface area contributed by atoms with Crippen LogP contribution in [0.15, 0.2) is 43.6 Å². The molecule has 0 bridgehead atoms. The number of nitrogens with zero attached hydrogens (tertiary/aromatic N) is 1. The van der Waals surface area contributed by atoms with Gasteiger partial charge in [-0.2, -0.15) is 0 Å². The molecule has 1 aromatic heterocycles. The van der Waals surface area contributed by atoms with Crippen LogP contribution in [0.5, 0.6) is 0 Å². The lowest BCUT2D eigenvalue weighted by atomic mass is 9.94. The SMILES string of the molecule is C=Cc1c(NC(=O)OC(C)(C)C)ccc(-c2ccc(N)nc2)c1C=C. The Morgan fingerprint density at radius 1 is 1.16 bits per heavy atom. The number of carbonyl (C=O) groups excluding carboxylic acids is 1. The van der Waals surface area contributed by atoms with E-state index in [4.69, 9.17) is 10.5 Å². The molecule has 0 radical (unpaired) electrons. The maximum atomic E-state index is 12.1. The van der Waals surface area contributed by atoms with Crippen molar-refractivity contribution in [1.29, 1.82) is 0 Å². The predicted octanol–water partition coefficient (Wildman–Crippen LogP) is 4.96. The van der Waals surface area contributed by atoms with Gasteiger partial charge in [0.05, 0.1) is 5.69 Å². The Balaban J connectivity index is 2.44. The van der Waals surface area contributed by atoms with Gasteiger partial charge in [-0.15, -0.1) is 0 Å². The third-order valence-electron chi connectivity index (χ3n) is 3.43. The Kier molecular flexibility index (Phi) is 5.27. The van der Waals surface area contributed by atoms with Crippen molar-refractivity contribution in [2.45, 2.75) is 26.4 Å². The summed E-state index contributed by atoms with van der Waals surface area (Å²) in [4.78, 5) is 16.2. The van der Waals surface area contributed by atoms with E-state index in [9.17, 15) is 4.79 Å². The van der Waals surface area contributed by atoms with Crippen molar-refractivity contribution in [3.05, 3.63) is 54.7 Å². The van der Waals surface area contributed by atoms with Crippen LogP contribution in [-0.2, 0) is 4.74 Å². The van der Waals surface area contributed by atoms with Gasteiger partial charge in [-0.05, 0) is 50.1 Å². The van der Waals surface area contributed by atoms with Gasteiger partial charge in [-0.3, -0.25) is 5.32 Å². The molecule has 0 saturated heterocycles. The maximum Gasteiger partial charge on any atom is 0.412 e. The summed E-state index contributed by atoms with van der Waals surface area (Å²) in [6.45, 7) is 13.2. The molecule has 0 atom stereocenters. The highest BCUT2D eigenvalue weighted by Gasteiger charge is 2.18. The van der Waals surface area contributed by atoms with E-state index in [1.54, 1.807) is 30.5 Å². The van der Waals surface area contributed by atoms with E-state index < -0.39 is 11.7 Å². The normalized spacial score (nSPS) is 10.8. The highest BCUT2D eigenvalue weighted by molar-refractivity contribution is 5.93. The predicted molar refractivity (Wildman–Crippen MR) is 104 cm³/mol. The molecule has 0 aliphatic heterocycles. The van der Waals surface area contributed by atoms with Crippen LogP contribution in [-0.4, -0.2) is 16.7 Å². The van der Waals surface area contributed by atoms with Crippen LogP contribution < -0.4 is 11.1 Å². The lowest BCUT2D eigenvalue weighted by Gasteiger charge is -2.21. The van der Waals surface area contributed by atoms with Crippen LogP contribution >= 0.6 is 0 Å². The highest BCUT2D eigenvalue weighted by atomic mass is 16.6. The van der Waals surface area contributed by atoms with Gasteiger partial charge in [0.15, 0.2) is 0 Å². The van der Waals surface area contributed by atoms with E-state index in [1.165, 1.54) is 0 Å². The lowest BCUT2D eigenvalue weighted by molar-refractivity contribution is 0.0636. The van der Waals surface area contributed by atoms with E-state index in [-0.39, 0.29) is 0 Å². The fraction of sp³-hybridized carbons (Fsp3) is 0.200. The number of carbonyl (C=O) groups is 1. The lowest BCUT2D eigenvalue weighted by Crippen LogP contribution is -2.27. The van der Waals surface area contributed by atoms with E-state index >= 15 is 0 Å². The van der Waals surface area contributed by atoms with Crippen molar-refractivity contribution < 1.29 is 9.53 Å². The molecular formula is C20H23N3O2. The van der Waals surface area contributed by atoms with Crippen molar-refractivity contribution in [3.8, 4) is 11.1 Å². The molecule has 5 heteroatoms. The number of hydrogen-bond acceptors (Lipinski definition) is 4. The molecule has 0 saturated carbocycles. The number of pyridine rings is 1.